The van der Waals surface area contributed by atoms with Crippen LogP contribution in [0.15, 0.2) is 18.2 Å². The van der Waals surface area contributed by atoms with Gasteiger partial charge < -0.3 is 10.2 Å². The first-order valence-corrected chi connectivity index (χ1v) is 8.21. The molecule has 0 aromatic heterocycles. The highest BCUT2D eigenvalue weighted by Crippen LogP contribution is 2.34. The number of rotatable bonds is 4. The molecule has 0 bridgehead atoms. The van der Waals surface area contributed by atoms with Crippen LogP contribution in [0.3, 0.4) is 0 Å². The summed E-state index contributed by atoms with van der Waals surface area (Å²) in [6.07, 6.45) is 2.59. The Kier molecular flexibility index (Phi) is 5.34. The number of halogens is 1. The fraction of sp³-hybridized carbons (Fsp3) is 0.647. The topological polar surface area (TPSA) is 15.3 Å². The van der Waals surface area contributed by atoms with Gasteiger partial charge in [0.1, 0.15) is 0 Å². The van der Waals surface area contributed by atoms with Gasteiger partial charge in [0.15, 0.2) is 0 Å². The first-order chi connectivity index (χ1) is 9.54. The fourth-order valence-electron chi connectivity index (χ4n) is 3.12. The predicted molar refractivity (Wildman–Crippen MR) is 88.7 cm³/mol. The van der Waals surface area contributed by atoms with Gasteiger partial charge in [-0.25, -0.2) is 0 Å². The average molecular weight is 295 g/mol. The monoisotopic (exact) mass is 294 g/mol. The van der Waals surface area contributed by atoms with E-state index >= 15 is 0 Å². The minimum absolute atomic E-state index is 0.351. The summed E-state index contributed by atoms with van der Waals surface area (Å²) in [7, 11) is 0. The SMILES string of the molecule is CCNC(C)c1ccc(N2CCCC(C)C2C)c(Cl)c1. The normalized spacial score (nSPS) is 24.8. The smallest absolute Gasteiger partial charge is 0.0642 e. The summed E-state index contributed by atoms with van der Waals surface area (Å²) in [6.45, 7) is 11.1. The maximum Gasteiger partial charge on any atom is 0.0642 e. The molecular formula is C17H27ClN2. The lowest BCUT2D eigenvalue weighted by Gasteiger charge is -2.40. The van der Waals surface area contributed by atoms with Crippen LogP contribution in [0.4, 0.5) is 5.69 Å². The molecule has 20 heavy (non-hydrogen) atoms. The molecule has 1 saturated heterocycles. The second-order valence-electron chi connectivity index (χ2n) is 6.04. The molecule has 1 heterocycles. The van der Waals surface area contributed by atoms with Gasteiger partial charge in [0.2, 0.25) is 0 Å². The maximum atomic E-state index is 6.55. The first kappa shape index (κ1) is 15.7. The van der Waals surface area contributed by atoms with E-state index in [1.165, 1.54) is 24.1 Å². The molecule has 112 valence electrons. The molecule has 0 amide bonds. The molecule has 1 aliphatic heterocycles. The number of benzene rings is 1. The molecule has 0 saturated carbocycles. The Bertz CT molecular complexity index is 447. The van der Waals surface area contributed by atoms with Gasteiger partial charge in [-0.1, -0.05) is 31.5 Å². The van der Waals surface area contributed by atoms with Crippen LogP contribution in [0.2, 0.25) is 5.02 Å². The highest BCUT2D eigenvalue weighted by molar-refractivity contribution is 6.33. The zero-order valence-electron chi connectivity index (χ0n) is 13.1. The van der Waals surface area contributed by atoms with Crippen molar-refractivity contribution in [3.8, 4) is 0 Å². The van der Waals surface area contributed by atoms with Crippen molar-refractivity contribution in [1.82, 2.24) is 5.32 Å². The summed E-state index contributed by atoms with van der Waals surface area (Å²) in [6, 6.07) is 7.44. The Morgan fingerprint density at radius 3 is 2.80 bits per heavy atom. The molecule has 1 aliphatic rings. The van der Waals surface area contributed by atoms with Crippen molar-refractivity contribution in [2.75, 3.05) is 18.0 Å². The Labute approximate surface area is 128 Å². The van der Waals surface area contributed by atoms with E-state index in [-0.39, 0.29) is 0 Å². The van der Waals surface area contributed by atoms with Gasteiger partial charge in [-0.3, -0.25) is 0 Å². The van der Waals surface area contributed by atoms with Crippen molar-refractivity contribution in [3.63, 3.8) is 0 Å². The van der Waals surface area contributed by atoms with Crippen LogP contribution < -0.4 is 10.2 Å². The largest absolute Gasteiger partial charge is 0.367 e. The lowest BCUT2D eigenvalue weighted by Crippen LogP contribution is -2.42. The molecule has 2 rings (SSSR count). The summed E-state index contributed by atoms with van der Waals surface area (Å²) in [5, 5.41) is 4.31. The zero-order chi connectivity index (χ0) is 14.7. The number of hydrogen-bond acceptors (Lipinski definition) is 2. The van der Waals surface area contributed by atoms with Crippen molar-refractivity contribution < 1.29 is 0 Å². The van der Waals surface area contributed by atoms with E-state index in [1.807, 2.05) is 0 Å². The third-order valence-corrected chi connectivity index (χ3v) is 4.97. The number of piperidine rings is 1. The summed E-state index contributed by atoms with van der Waals surface area (Å²) in [5.41, 5.74) is 2.46. The summed E-state index contributed by atoms with van der Waals surface area (Å²) in [5.74, 6) is 0.736. The van der Waals surface area contributed by atoms with Gasteiger partial charge in [-0.05, 0) is 56.8 Å². The van der Waals surface area contributed by atoms with Crippen molar-refractivity contribution in [1.29, 1.82) is 0 Å². The van der Waals surface area contributed by atoms with Crippen LogP contribution in [0, 0.1) is 5.92 Å². The van der Waals surface area contributed by atoms with Gasteiger partial charge in [0.05, 0.1) is 10.7 Å². The highest BCUT2D eigenvalue weighted by atomic mass is 35.5. The molecule has 1 N–H and O–H groups in total. The van der Waals surface area contributed by atoms with Crippen LogP contribution in [0.25, 0.3) is 0 Å². The van der Waals surface area contributed by atoms with E-state index in [2.05, 4.69) is 56.1 Å². The number of anilines is 1. The highest BCUT2D eigenvalue weighted by Gasteiger charge is 2.26. The van der Waals surface area contributed by atoms with Crippen LogP contribution >= 0.6 is 11.6 Å². The van der Waals surface area contributed by atoms with E-state index in [1.54, 1.807) is 0 Å². The molecule has 0 aliphatic carbocycles. The third-order valence-electron chi connectivity index (χ3n) is 4.67. The van der Waals surface area contributed by atoms with E-state index < -0.39 is 0 Å². The van der Waals surface area contributed by atoms with Gasteiger partial charge in [0.25, 0.3) is 0 Å². The van der Waals surface area contributed by atoms with Gasteiger partial charge in [-0.2, -0.15) is 0 Å². The Morgan fingerprint density at radius 2 is 2.15 bits per heavy atom. The van der Waals surface area contributed by atoms with Crippen molar-refractivity contribution in [2.24, 2.45) is 5.92 Å². The molecule has 2 nitrogen and oxygen atoms in total. The molecule has 0 radical (unpaired) electrons. The molecule has 1 aromatic rings. The molecule has 1 aromatic carbocycles. The Morgan fingerprint density at radius 1 is 1.40 bits per heavy atom. The number of nitrogens with zero attached hydrogens (tertiary/aromatic N) is 1. The maximum absolute atomic E-state index is 6.55. The Balaban J connectivity index is 2.21. The Hall–Kier alpha value is -0.730. The third kappa shape index (κ3) is 3.29. The second kappa shape index (κ2) is 6.82. The number of hydrogen-bond donors (Lipinski definition) is 1. The first-order valence-electron chi connectivity index (χ1n) is 7.84. The van der Waals surface area contributed by atoms with Crippen molar-refractivity contribution in [2.45, 2.75) is 52.6 Å². The molecule has 0 spiro atoms. The number of nitrogens with one attached hydrogen (secondary N) is 1. The second-order valence-corrected chi connectivity index (χ2v) is 6.45. The van der Waals surface area contributed by atoms with Gasteiger partial charge in [-0.15, -0.1) is 0 Å². The summed E-state index contributed by atoms with van der Waals surface area (Å²) >= 11 is 6.55. The molecule has 1 fully saturated rings. The fourth-order valence-corrected chi connectivity index (χ4v) is 3.42. The van der Waals surface area contributed by atoms with E-state index in [0.717, 1.165) is 24.0 Å². The van der Waals surface area contributed by atoms with Gasteiger partial charge >= 0.3 is 0 Å². The van der Waals surface area contributed by atoms with Crippen LogP contribution in [0.1, 0.15) is 52.1 Å². The van der Waals surface area contributed by atoms with Crippen molar-refractivity contribution in [3.05, 3.63) is 28.8 Å². The minimum atomic E-state index is 0.351. The quantitative estimate of drug-likeness (QED) is 0.870. The summed E-state index contributed by atoms with van der Waals surface area (Å²) < 4.78 is 0. The molecule has 3 atom stereocenters. The van der Waals surface area contributed by atoms with E-state index in [9.17, 15) is 0 Å². The summed E-state index contributed by atoms with van der Waals surface area (Å²) in [4.78, 5) is 2.47. The standard InChI is InChI=1S/C17H27ClN2/c1-5-19-13(3)15-8-9-17(16(18)11-15)20-10-6-7-12(2)14(20)4/h8-9,11-14,19H,5-7,10H2,1-4H3. The van der Waals surface area contributed by atoms with E-state index in [4.69, 9.17) is 11.6 Å². The van der Waals surface area contributed by atoms with Crippen LogP contribution in [-0.2, 0) is 0 Å². The van der Waals surface area contributed by atoms with E-state index in [0.29, 0.717) is 12.1 Å². The minimum Gasteiger partial charge on any atom is -0.367 e. The lowest BCUT2D eigenvalue weighted by molar-refractivity contribution is 0.363. The van der Waals surface area contributed by atoms with Crippen LogP contribution in [-0.4, -0.2) is 19.1 Å². The predicted octanol–water partition coefficient (Wildman–Crippen LogP) is 4.64. The molecule has 3 unspecified atom stereocenters. The molecular weight excluding hydrogens is 268 g/mol. The van der Waals surface area contributed by atoms with Crippen LogP contribution in [0.5, 0.6) is 0 Å². The average Bonchev–Trinajstić information content (AvgIpc) is 2.42. The lowest BCUT2D eigenvalue weighted by atomic mass is 9.91. The van der Waals surface area contributed by atoms with Crippen molar-refractivity contribution >= 4 is 17.3 Å². The zero-order valence-corrected chi connectivity index (χ0v) is 13.9. The molecule has 3 heteroatoms. The van der Waals surface area contributed by atoms with Gasteiger partial charge in [0, 0.05) is 18.6 Å².